The van der Waals surface area contributed by atoms with E-state index < -0.39 is 9.84 Å². The van der Waals surface area contributed by atoms with Gasteiger partial charge in [-0.25, -0.2) is 8.42 Å². The third kappa shape index (κ3) is 5.14. The molecule has 1 atom stereocenters. The molecule has 0 aliphatic carbocycles. The number of sulfone groups is 1. The monoisotopic (exact) mass is 309 g/mol. The van der Waals surface area contributed by atoms with Crippen LogP contribution >= 0.6 is 23.2 Å². The van der Waals surface area contributed by atoms with Gasteiger partial charge in [-0.2, -0.15) is 0 Å². The van der Waals surface area contributed by atoms with Gasteiger partial charge in [0.05, 0.1) is 5.75 Å². The summed E-state index contributed by atoms with van der Waals surface area (Å²) in [7, 11) is -1.14. The van der Waals surface area contributed by atoms with Crippen LogP contribution in [0.25, 0.3) is 0 Å². The highest BCUT2D eigenvalue weighted by Crippen LogP contribution is 2.26. The molecule has 1 aromatic rings. The molecule has 0 aliphatic rings. The number of hydrogen-bond acceptors (Lipinski definition) is 3. The Bertz CT molecular complexity index is 483. The summed E-state index contributed by atoms with van der Waals surface area (Å²) in [6.07, 6.45) is 2.39. The molecule has 1 rings (SSSR count). The fourth-order valence-electron chi connectivity index (χ4n) is 1.68. The number of nitrogens with one attached hydrogen (secondary N) is 1. The molecule has 1 unspecified atom stereocenters. The third-order valence-corrected chi connectivity index (χ3v) is 4.44. The van der Waals surface area contributed by atoms with Crippen LogP contribution < -0.4 is 5.32 Å². The molecule has 0 aromatic heterocycles. The SMILES string of the molecule is CNC(CCS(C)(=O)=O)Cc1c(Cl)cccc1Cl. The fraction of sp³-hybridized carbons (Fsp3) is 0.500. The van der Waals surface area contributed by atoms with Gasteiger partial charge in [0.25, 0.3) is 0 Å². The minimum Gasteiger partial charge on any atom is -0.317 e. The molecule has 6 heteroatoms. The Balaban J connectivity index is 2.74. The molecule has 0 spiro atoms. The van der Waals surface area contributed by atoms with Crippen LogP contribution in [0.2, 0.25) is 10.0 Å². The van der Waals surface area contributed by atoms with E-state index >= 15 is 0 Å². The van der Waals surface area contributed by atoms with Crippen LogP contribution in [0.4, 0.5) is 0 Å². The number of benzene rings is 1. The van der Waals surface area contributed by atoms with Gasteiger partial charge >= 0.3 is 0 Å². The van der Waals surface area contributed by atoms with Gasteiger partial charge in [-0.05, 0) is 37.6 Å². The highest BCUT2D eigenvalue weighted by atomic mass is 35.5. The van der Waals surface area contributed by atoms with E-state index in [1.54, 1.807) is 25.2 Å². The Kier molecular flexibility index (Phi) is 5.92. The molecule has 0 bridgehead atoms. The van der Waals surface area contributed by atoms with Crippen molar-refractivity contribution in [1.82, 2.24) is 5.32 Å². The van der Waals surface area contributed by atoms with Gasteiger partial charge in [0.15, 0.2) is 0 Å². The van der Waals surface area contributed by atoms with Crippen molar-refractivity contribution < 1.29 is 8.42 Å². The van der Waals surface area contributed by atoms with Crippen molar-refractivity contribution in [3.63, 3.8) is 0 Å². The van der Waals surface area contributed by atoms with Crippen molar-refractivity contribution in [2.24, 2.45) is 0 Å². The van der Waals surface area contributed by atoms with Crippen LogP contribution in [0.1, 0.15) is 12.0 Å². The summed E-state index contributed by atoms with van der Waals surface area (Å²) >= 11 is 12.2. The zero-order chi connectivity index (χ0) is 13.8. The lowest BCUT2D eigenvalue weighted by Gasteiger charge is -2.17. The lowest BCUT2D eigenvalue weighted by atomic mass is 10.0. The molecule has 0 fully saturated rings. The second-order valence-electron chi connectivity index (χ2n) is 4.31. The molecular formula is C12H17Cl2NO2S. The predicted molar refractivity (Wildman–Crippen MR) is 77.3 cm³/mol. The fourth-order valence-corrected chi connectivity index (χ4v) is 2.94. The quantitative estimate of drug-likeness (QED) is 0.878. The largest absolute Gasteiger partial charge is 0.317 e. The van der Waals surface area contributed by atoms with Gasteiger partial charge in [0, 0.05) is 22.3 Å². The maximum Gasteiger partial charge on any atom is 0.147 e. The van der Waals surface area contributed by atoms with Crippen molar-refractivity contribution >= 4 is 33.0 Å². The average molecular weight is 310 g/mol. The molecular weight excluding hydrogens is 293 g/mol. The summed E-state index contributed by atoms with van der Waals surface area (Å²) < 4.78 is 22.3. The Labute approximate surface area is 118 Å². The Morgan fingerprint density at radius 2 is 1.83 bits per heavy atom. The maximum atomic E-state index is 11.2. The first-order chi connectivity index (χ1) is 8.33. The van der Waals surface area contributed by atoms with Crippen LogP contribution in [-0.2, 0) is 16.3 Å². The van der Waals surface area contributed by atoms with Gasteiger partial charge in [0.2, 0.25) is 0 Å². The van der Waals surface area contributed by atoms with E-state index in [1.807, 2.05) is 0 Å². The van der Waals surface area contributed by atoms with E-state index in [-0.39, 0.29) is 11.8 Å². The Morgan fingerprint density at radius 1 is 1.28 bits per heavy atom. The minimum absolute atomic E-state index is 0.0390. The molecule has 0 saturated carbocycles. The molecule has 3 nitrogen and oxygen atoms in total. The normalized spacial score (nSPS) is 13.6. The smallest absolute Gasteiger partial charge is 0.147 e. The number of halogens is 2. The third-order valence-electron chi connectivity index (χ3n) is 2.76. The average Bonchev–Trinajstić information content (AvgIpc) is 2.26. The predicted octanol–water partition coefficient (Wildman–Crippen LogP) is 2.56. The first-order valence-electron chi connectivity index (χ1n) is 5.61. The van der Waals surface area contributed by atoms with Crippen LogP contribution in [-0.4, -0.2) is 33.5 Å². The van der Waals surface area contributed by atoms with Crippen LogP contribution in [0.3, 0.4) is 0 Å². The second kappa shape index (κ2) is 6.75. The highest BCUT2D eigenvalue weighted by molar-refractivity contribution is 7.90. The minimum atomic E-state index is -2.95. The van der Waals surface area contributed by atoms with Crippen LogP contribution in [0.15, 0.2) is 18.2 Å². The Hall–Kier alpha value is -0.290. The summed E-state index contributed by atoms with van der Waals surface area (Å²) in [6, 6.07) is 5.40. The van der Waals surface area contributed by atoms with Gasteiger partial charge in [-0.3, -0.25) is 0 Å². The van der Waals surface area contributed by atoms with Crippen molar-refractivity contribution in [2.45, 2.75) is 18.9 Å². The van der Waals surface area contributed by atoms with Gasteiger partial charge < -0.3 is 5.32 Å². The number of likely N-dealkylation sites (N-methyl/N-ethyl adjacent to an activating group) is 1. The van der Waals surface area contributed by atoms with Crippen LogP contribution in [0.5, 0.6) is 0 Å². The van der Waals surface area contributed by atoms with Gasteiger partial charge in [-0.1, -0.05) is 29.3 Å². The van der Waals surface area contributed by atoms with Crippen molar-refractivity contribution in [1.29, 1.82) is 0 Å². The van der Waals surface area contributed by atoms with Gasteiger partial charge in [-0.15, -0.1) is 0 Å². The second-order valence-corrected chi connectivity index (χ2v) is 7.38. The van der Waals surface area contributed by atoms with E-state index in [2.05, 4.69) is 5.32 Å². The summed E-state index contributed by atoms with van der Waals surface area (Å²) in [6.45, 7) is 0. The molecule has 0 amide bonds. The molecule has 1 N–H and O–H groups in total. The highest BCUT2D eigenvalue weighted by Gasteiger charge is 2.14. The summed E-state index contributed by atoms with van der Waals surface area (Å²) in [4.78, 5) is 0. The molecule has 0 aliphatic heterocycles. The summed E-state index contributed by atoms with van der Waals surface area (Å²) in [5.41, 5.74) is 0.855. The lowest BCUT2D eigenvalue weighted by Crippen LogP contribution is -2.30. The summed E-state index contributed by atoms with van der Waals surface area (Å²) in [5.74, 6) is 0.153. The van der Waals surface area contributed by atoms with E-state index in [0.717, 1.165) is 5.56 Å². The van der Waals surface area contributed by atoms with Crippen LogP contribution in [0, 0.1) is 0 Å². The van der Waals surface area contributed by atoms with Crippen molar-refractivity contribution in [2.75, 3.05) is 19.1 Å². The first-order valence-corrected chi connectivity index (χ1v) is 8.43. The molecule has 102 valence electrons. The van der Waals surface area contributed by atoms with Gasteiger partial charge in [0.1, 0.15) is 9.84 Å². The van der Waals surface area contributed by atoms with E-state index in [1.165, 1.54) is 6.26 Å². The lowest BCUT2D eigenvalue weighted by molar-refractivity contribution is 0.534. The van der Waals surface area contributed by atoms with E-state index in [4.69, 9.17) is 23.2 Å². The molecule has 18 heavy (non-hydrogen) atoms. The summed E-state index contributed by atoms with van der Waals surface area (Å²) in [5, 5.41) is 4.32. The first kappa shape index (κ1) is 15.8. The van der Waals surface area contributed by atoms with Crippen molar-refractivity contribution in [3.05, 3.63) is 33.8 Å². The molecule has 0 saturated heterocycles. The number of hydrogen-bond donors (Lipinski definition) is 1. The molecule has 1 aromatic carbocycles. The standard InChI is InChI=1S/C12H17Cl2NO2S/c1-15-9(6-7-18(2,16)17)8-10-11(13)4-3-5-12(10)14/h3-5,9,15H,6-8H2,1-2H3. The van der Waals surface area contributed by atoms with E-state index in [9.17, 15) is 8.42 Å². The van der Waals surface area contributed by atoms with E-state index in [0.29, 0.717) is 22.9 Å². The number of rotatable bonds is 6. The Morgan fingerprint density at radius 3 is 2.28 bits per heavy atom. The molecule has 0 heterocycles. The van der Waals surface area contributed by atoms with Crippen molar-refractivity contribution in [3.8, 4) is 0 Å². The zero-order valence-corrected chi connectivity index (χ0v) is 12.7. The topological polar surface area (TPSA) is 46.2 Å². The maximum absolute atomic E-state index is 11.2. The molecule has 0 radical (unpaired) electrons. The zero-order valence-electron chi connectivity index (χ0n) is 10.4.